The second kappa shape index (κ2) is 5.01. The van der Waals surface area contributed by atoms with Gasteiger partial charge in [0.05, 0.1) is 17.8 Å². The van der Waals surface area contributed by atoms with E-state index in [9.17, 15) is 0 Å². The number of halogens is 1. The first kappa shape index (κ1) is 11.7. The highest BCUT2D eigenvalue weighted by molar-refractivity contribution is 6.28. The van der Waals surface area contributed by atoms with Crippen LogP contribution in [0.3, 0.4) is 0 Å². The van der Waals surface area contributed by atoms with E-state index in [2.05, 4.69) is 10.1 Å². The lowest BCUT2D eigenvalue weighted by atomic mass is 10.1. The van der Waals surface area contributed by atoms with E-state index in [1.54, 1.807) is 4.68 Å². The fraction of sp³-hybridized carbons (Fsp3) is 0.167. The minimum Gasteiger partial charge on any atom is -0.386 e. The van der Waals surface area contributed by atoms with Crippen LogP contribution in [0.15, 0.2) is 41.7 Å². The Morgan fingerprint density at radius 3 is 2.59 bits per heavy atom. The van der Waals surface area contributed by atoms with Gasteiger partial charge in [-0.3, -0.25) is 4.68 Å². The van der Waals surface area contributed by atoms with Crippen molar-refractivity contribution in [2.45, 2.75) is 0 Å². The van der Waals surface area contributed by atoms with Crippen LogP contribution in [0, 0.1) is 0 Å². The van der Waals surface area contributed by atoms with Gasteiger partial charge in [-0.2, -0.15) is 5.10 Å². The molecule has 0 saturated heterocycles. The summed E-state index contributed by atoms with van der Waals surface area (Å²) in [4.78, 5) is 4.16. The summed E-state index contributed by atoms with van der Waals surface area (Å²) in [6, 6.07) is 7.78. The molecule has 0 unspecified atom stereocenters. The Kier molecular flexibility index (Phi) is 3.44. The van der Waals surface area contributed by atoms with E-state index in [0.29, 0.717) is 5.84 Å². The molecule has 0 fully saturated rings. The lowest BCUT2D eigenvalue weighted by molar-refractivity contribution is 0.768. The standard InChI is InChI=1S/C12H13ClN4/c1-17-8-10(7-15-17)9-2-4-11(5-3-9)16-12(14)6-13/h2-5,7-8H,6H2,1H3,(H2,14,16). The Labute approximate surface area is 105 Å². The second-order valence-corrected chi connectivity index (χ2v) is 3.95. The van der Waals surface area contributed by atoms with Gasteiger partial charge >= 0.3 is 0 Å². The predicted octanol–water partition coefficient (Wildman–Crippen LogP) is 2.31. The van der Waals surface area contributed by atoms with E-state index < -0.39 is 0 Å². The molecule has 2 rings (SSSR count). The molecule has 1 aromatic heterocycles. The SMILES string of the molecule is Cn1cc(-c2ccc(N=C(N)CCl)cc2)cn1. The van der Waals surface area contributed by atoms with E-state index in [1.807, 2.05) is 43.7 Å². The minimum atomic E-state index is 0.240. The summed E-state index contributed by atoms with van der Waals surface area (Å²) in [5.74, 6) is 0.658. The maximum absolute atomic E-state index is 5.56. The van der Waals surface area contributed by atoms with Crippen LogP contribution < -0.4 is 5.73 Å². The van der Waals surface area contributed by atoms with Gasteiger partial charge in [-0.1, -0.05) is 12.1 Å². The number of aromatic nitrogens is 2. The van der Waals surface area contributed by atoms with Crippen LogP contribution in [0.25, 0.3) is 11.1 Å². The van der Waals surface area contributed by atoms with E-state index in [1.165, 1.54) is 0 Å². The number of nitrogens with zero attached hydrogens (tertiary/aromatic N) is 3. The van der Waals surface area contributed by atoms with Crippen LogP contribution in [0.2, 0.25) is 0 Å². The summed E-state index contributed by atoms with van der Waals surface area (Å²) >= 11 is 5.56. The molecule has 0 radical (unpaired) electrons. The molecule has 0 atom stereocenters. The van der Waals surface area contributed by atoms with Crippen molar-refractivity contribution in [3.05, 3.63) is 36.7 Å². The Bertz CT molecular complexity index is 528. The zero-order valence-corrected chi connectivity index (χ0v) is 10.2. The van der Waals surface area contributed by atoms with E-state index in [4.69, 9.17) is 17.3 Å². The maximum Gasteiger partial charge on any atom is 0.115 e. The molecule has 4 nitrogen and oxygen atoms in total. The molecule has 0 bridgehead atoms. The van der Waals surface area contributed by atoms with Gasteiger partial charge in [0.2, 0.25) is 0 Å². The third-order valence-electron chi connectivity index (χ3n) is 2.32. The van der Waals surface area contributed by atoms with Crippen molar-refractivity contribution in [1.82, 2.24) is 9.78 Å². The normalized spacial score (nSPS) is 11.8. The van der Waals surface area contributed by atoms with Gasteiger partial charge in [-0.25, -0.2) is 4.99 Å². The Hall–Kier alpha value is -1.81. The van der Waals surface area contributed by atoms with Gasteiger partial charge in [-0.15, -0.1) is 11.6 Å². The van der Waals surface area contributed by atoms with Gasteiger partial charge in [0, 0.05) is 18.8 Å². The monoisotopic (exact) mass is 248 g/mol. The molecule has 1 heterocycles. The van der Waals surface area contributed by atoms with Crippen LogP contribution in [-0.4, -0.2) is 21.5 Å². The highest BCUT2D eigenvalue weighted by atomic mass is 35.5. The first-order valence-corrected chi connectivity index (χ1v) is 5.70. The van der Waals surface area contributed by atoms with Crippen molar-refractivity contribution in [3.8, 4) is 11.1 Å². The largest absolute Gasteiger partial charge is 0.386 e. The van der Waals surface area contributed by atoms with Gasteiger partial charge < -0.3 is 5.73 Å². The van der Waals surface area contributed by atoms with E-state index in [0.717, 1.165) is 16.8 Å². The Morgan fingerprint density at radius 1 is 1.35 bits per heavy atom. The number of amidine groups is 1. The van der Waals surface area contributed by atoms with Crippen LogP contribution in [-0.2, 0) is 7.05 Å². The fourth-order valence-corrected chi connectivity index (χ4v) is 1.55. The zero-order chi connectivity index (χ0) is 12.3. The Balaban J connectivity index is 2.24. The number of nitrogens with two attached hydrogens (primary N) is 1. The van der Waals surface area contributed by atoms with Crippen LogP contribution in [0.4, 0.5) is 5.69 Å². The third kappa shape index (κ3) is 2.85. The number of benzene rings is 1. The molecule has 0 amide bonds. The number of rotatable bonds is 3. The highest BCUT2D eigenvalue weighted by Crippen LogP contribution is 2.21. The highest BCUT2D eigenvalue weighted by Gasteiger charge is 2.00. The molecule has 17 heavy (non-hydrogen) atoms. The summed E-state index contributed by atoms with van der Waals surface area (Å²) < 4.78 is 1.77. The van der Waals surface area contributed by atoms with Crippen molar-refractivity contribution in [3.63, 3.8) is 0 Å². The summed E-state index contributed by atoms with van der Waals surface area (Å²) in [7, 11) is 1.89. The van der Waals surface area contributed by atoms with E-state index >= 15 is 0 Å². The van der Waals surface area contributed by atoms with Crippen molar-refractivity contribution in [1.29, 1.82) is 0 Å². The Morgan fingerprint density at radius 2 is 2.06 bits per heavy atom. The quantitative estimate of drug-likeness (QED) is 0.515. The van der Waals surface area contributed by atoms with Crippen LogP contribution in [0.1, 0.15) is 0 Å². The molecule has 0 aliphatic carbocycles. The maximum atomic E-state index is 5.56. The predicted molar refractivity (Wildman–Crippen MR) is 70.6 cm³/mol. The van der Waals surface area contributed by atoms with Crippen LogP contribution >= 0.6 is 11.6 Å². The molecule has 2 N–H and O–H groups in total. The second-order valence-electron chi connectivity index (χ2n) is 3.69. The van der Waals surface area contributed by atoms with Gasteiger partial charge in [-0.05, 0) is 17.7 Å². The smallest absolute Gasteiger partial charge is 0.115 e. The first-order chi connectivity index (χ1) is 8.19. The van der Waals surface area contributed by atoms with Crippen molar-refractivity contribution in [2.24, 2.45) is 17.8 Å². The molecule has 5 heteroatoms. The zero-order valence-electron chi connectivity index (χ0n) is 9.47. The molecular formula is C12H13ClN4. The van der Waals surface area contributed by atoms with Gasteiger partial charge in [0.25, 0.3) is 0 Å². The van der Waals surface area contributed by atoms with Crippen molar-refractivity contribution >= 4 is 23.1 Å². The number of aliphatic imine (C=N–C) groups is 1. The van der Waals surface area contributed by atoms with E-state index in [-0.39, 0.29) is 5.88 Å². The molecule has 2 aromatic rings. The van der Waals surface area contributed by atoms with Crippen molar-refractivity contribution < 1.29 is 0 Å². The molecular weight excluding hydrogens is 236 g/mol. The lowest BCUT2D eigenvalue weighted by Gasteiger charge is -1.99. The summed E-state index contributed by atoms with van der Waals surface area (Å²) in [6.07, 6.45) is 3.79. The summed E-state index contributed by atoms with van der Waals surface area (Å²) in [5.41, 5.74) is 8.54. The molecule has 1 aromatic carbocycles. The molecule has 88 valence electrons. The molecule has 0 aliphatic heterocycles. The average molecular weight is 249 g/mol. The molecule has 0 saturated carbocycles. The van der Waals surface area contributed by atoms with Crippen LogP contribution in [0.5, 0.6) is 0 Å². The number of hydrogen-bond donors (Lipinski definition) is 1. The minimum absolute atomic E-state index is 0.240. The summed E-state index contributed by atoms with van der Waals surface area (Å²) in [6.45, 7) is 0. The third-order valence-corrected chi connectivity index (χ3v) is 2.59. The number of alkyl halides is 1. The van der Waals surface area contributed by atoms with Gasteiger partial charge in [0.1, 0.15) is 5.84 Å². The first-order valence-electron chi connectivity index (χ1n) is 5.17. The number of aryl methyl sites for hydroxylation is 1. The fourth-order valence-electron chi connectivity index (χ4n) is 1.49. The molecule has 0 aliphatic rings. The molecule has 0 spiro atoms. The average Bonchev–Trinajstić information content (AvgIpc) is 2.77. The van der Waals surface area contributed by atoms with Gasteiger partial charge in [0.15, 0.2) is 0 Å². The number of hydrogen-bond acceptors (Lipinski definition) is 2. The lowest BCUT2D eigenvalue weighted by Crippen LogP contribution is -2.12. The summed E-state index contributed by atoms with van der Waals surface area (Å²) in [5, 5.41) is 4.13. The topological polar surface area (TPSA) is 56.2 Å². The van der Waals surface area contributed by atoms with Crippen molar-refractivity contribution in [2.75, 3.05) is 5.88 Å².